The molecule has 0 nitrogen and oxygen atoms in total. The molecule has 5 rings (SSSR count). The Balaban J connectivity index is 1.47. The Morgan fingerprint density at radius 3 is 2.83 bits per heavy atom. The second-order valence-corrected chi connectivity index (χ2v) is 7.71. The van der Waals surface area contributed by atoms with Crippen LogP contribution in [0.15, 0.2) is 75.9 Å². The normalized spacial score (nSPS) is 24.6. The number of rotatable bonds is 2. The minimum Gasteiger partial charge on any atom is -0.0697 e. The summed E-state index contributed by atoms with van der Waals surface area (Å²) in [7, 11) is 0. The van der Waals surface area contributed by atoms with Crippen molar-refractivity contribution < 1.29 is 0 Å². The summed E-state index contributed by atoms with van der Waals surface area (Å²) in [6.07, 6.45) is 17.4. The first kappa shape index (κ1) is 14.3. The molecule has 4 aliphatic rings. The third kappa shape index (κ3) is 2.20. The number of hydrogen-bond donors (Lipinski definition) is 0. The van der Waals surface area contributed by atoms with E-state index in [-0.39, 0.29) is 0 Å². The fourth-order valence-electron chi connectivity index (χ4n) is 4.97. The molecule has 0 bridgehead atoms. The molecule has 120 valence electrons. The zero-order valence-electron chi connectivity index (χ0n) is 14.4. The molecule has 0 heteroatoms. The Kier molecular flexibility index (Phi) is 3.26. The molecule has 0 amide bonds. The van der Waals surface area contributed by atoms with E-state index in [1.54, 1.807) is 27.9 Å². The summed E-state index contributed by atoms with van der Waals surface area (Å²) in [6.45, 7) is 2.32. The van der Waals surface area contributed by atoms with Crippen LogP contribution in [0.3, 0.4) is 0 Å². The van der Waals surface area contributed by atoms with Gasteiger partial charge in [-0.05, 0) is 73.3 Å². The molecule has 1 aromatic rings. The summed E-state index contributed by atoms with van der Waals surface area (Å²) in [6, 6.07) is 8.84. The number of fused-ring (bicyclic) bond motifs is 3. The quantitative estimate of drug-likeness (QED) is 0.598. The van der Waals surface area contributed by atoms with Gasteiger partial charge in [-0.1, -0.05) is 65.3 Å². The van der Waals surface area contributed by atoms with Crippen LogP contribution in [0, 0.1) is 5.92 Å². The van der Waals surface area contributed by atoms with Crippen LogP contribution >= 0.6 is 0 Å². The molecule has 0 spiro atoms. The van der Waals surface area contributed by atoms with Crippen LogP contribution in [0.1, 0.15) is 50.2 Å². The zero-order chi connectivity index (χ0) is 16.1. The van der Waals surface area contributed by atoms with Gasteiger partial charge in [0.2, 0.25) is 0 Å². The second kappa shape index (κ2) is 5.48. The minimum absolute atomic E-state index is 0.588. The maximum absolute atomic E-state index is 2.54. The molecule has 4 aliphatic carbocycles. The lowest BCUT2D eigenvalue weighted by Crippen LogP contribution is -2.12. The smallest absolute Gasteiger partial charge is 0.0242 e. The van der Waals surface area contributed by atoms with E-state index in [1.165, 1.54) is 42.4 Å². The standard InChI is InChI=1S/C24H24/c1-16-12-24-21-9-5-4-6-18(21)10-11-22(24)23(16)15-17-13-19-7-2-3-8-20(19)14-17/h2-3,7-8,10-13,24H,4-6,9,14-15H2,1H3. The van der Waals surface area contributed by atoms with E-state index >= 15 is 0 Å². The lowest BCUT2D eigenvalue weighted by molar-refractivity contribution is 0.637. The van der Waals surface area contributed by atoms with Gasteiger partial charge in [-0.3, -0.25) is 0 Å². The summed E-state index contributed by atoms with van der Waals surface area (Å²) in [5.41, 5.74) is 12.5. The highest BCUT2D eigenvalue weighted by atomic mass is 14.3. The molecular formula is C24H24. The fourth-order valence-corrected chi connectivity index (χ4v) is 4.97. The van der Waals surface area contributed by atoms with Crippen LogP contribution in [0.5, 0.6) is 0 Å². The molecule has 0 N–H and O–H groups in total. The molecule has 1 atom stereocenters. The molecule has 0 fully saturated rings. The molecule has 0 radical (unpaired) electrons. The van der Waals surface area contributed by atoms with Crippen molar-refractivity contribution in [2.45, 2.75) is 45.4 Å². The predicted octanol–water partition coefficient (Wildman–Crippen LogP) is 6.33. The van der Waals surface area contributed by atoms with E-state index in [4.69, 9.17) is 0 Å². The van der Waals surface area contributed by atoms with Crippen LogP contribution in [0.25, 0.3) is 6.08 Å². The number of benzene rings is 1. The van der Waals surface area contributed by atoms with Crippen molar-refractivity contribution in [3.05, 3.63) is 87.1 Å². The van der Waals surface area contributed by atoms with Gasteiger partial charge in [-0.25, -0.2) is 0 Å². The third-order valence-electron chi connectivity index (χ3n) is 6.21. The van der Waals surface area contributed by atoms with E-state index < -0.39 is 0 Å². The fraction of sp³-hybridized carbons (Fsp3) is 0.333. The Morgan fingerprint density at radius 2 is 1.92 bits per heavy atom. The predicted molar refractivity (Wildman–Crippen MR) is 102 cm³/mol. The monoisotopic (exact) mass is 312 g/mol. The van der Waals surface area contributed by atoms with Crippen molar-refractivity contribution in [1.82, 2.24) is 0 Å². The van der Waals surface area contributed by atoms with E-state index in [1.807, 2.05) is 0 Å². The molecular weight excluding hydrogens is 288 g/mol. The zero-order valence-corrected chi connectivity index (χ0v) is 14.4. The molecule has 0 heterocycles. The lowest BCUT2D eigenvalue weighted by atomic mass is 9.77. The van der Waals surface area contributed by atoms with Crippen LogP contribution in [0.4, 0.5) is 0 Å². The van der Waals surface area contributed by atoms with E-state index in [2.05, 4.69) is 55.5 Å². The molecule has 1 unspecified atom stereocenters. The molecule has 0 saturated heterocycles. The summed E-state index contributed by atoms with van der Waals surface area (Å²) in [4.78, 5) is 0. The maximum Gasteiger partial charge on any atom is 0.0242 e. The van der Waals surface area contributed by atoms with Gasteiger partial charge in [0.05, 0.1) is 0 Å². The van der Waals surface area contributed by atoms with Crippen molar-refractivity contribution in [1.29, 1.82) is 0 Å². The van der Waals surface area contributed by atoms with Crippen molar-refractivity contribution in [3.8, 4) is 0 Å². The minimum atomic E-state index is 0.588. The number of allylic oxidation sites excluding steroid dienone is 9. The van der Waals surface area contributed by atoms with Gasteiger partial charge in [0.1, 0.15) is 0 Å². The van der Waals surface area contributed by atoms with Gasteiger partial charge in [0.15, 0.2) is 0 Å². The average molecular weight is 312 g/mol. The van der Waals surface area contributed by atoms with Crippen molar-refractivity contribution >= 4 is 6.08 Å². The highest BCUT2D eigenvalue weighted by Gasteiger charge is 2.31. The number of hydrogen-bond acceptors (Lipinski definition) is 0. The maximum atomic E-state index is 2.54. The summed E-state index contributed by atoms with van der Waals surface area (Å²) >= 11 is 0. The second-order valence-electron chi connectivity index (χ2n) is 7.71. The van der Waals surface area contributed by atoms with Gasteiger partial charge in [-0.2, -0.15) is 0 Å². The lowest BCUT2D eigenvalue weighted by Gasteiger charge is -2.27. The summed E-state index contributed by atoms with van der Waals surface area (Å²) in [5.74, 6) is 0.588. The molecule has 0 aliphatic heterocycles. The molecule has 0 saturated carbocycles. The van der Waals surface area contributed by atoms with Crippen LogP contribution < -0.4 is 0 Å². The van der Waals surface area contributed by atoms with Crippen molar-refractivity contribution in [2.24, 2.45) is 5.92 Å². The Hall–Kier alpha value is -2.08. The van der Waals surface area contributed by atoms with Crippen LogP contribution in [-0.2, 0) is 6.42 Å². The van der Waals surface area contributed by atoms with Gasteiger partial charge in [-0.15, -0.1) is 0 Å². The highest BCUT2D eigenvalue weighted by molar-refractivity contribution is 5.66. The van der Waals surface area contributed by atoms with E-state index in [0.717, 1.165) is 12.8 Å². The van der Waals surface area contributed by atoms with Gasteiger partial charge in [0, 0.05) is 5.92 Å². The average Bonchev–Trinajstić information content (AvgIpc) is 3.16. The Bertz CT molecular complexity index is 867. The molecule has 0 aromatic heterocycles. The summed E-state index contributed by atoms with van der Waals surface area (Å²) < 4.78 is 0. The Labute approximate surface area is 145 Å². The third-order valence-corrected chi connectivity index (χ3v) is 6.21. The van der Waals surface area contributed by atoms with Crippen molar-refractivity contribution in [2.75, 3.05) is 0 Å². The highest BCUT2D eigenvalue weighted by Crippen LogP contribution is 2.46. The van der Waals surface area contributed by atoms with Crippen LogP contribution in [-0.4, -0.2) is 0 Å². The van der Waals surface area contributed by atoms with Gasteiger partial charge in [0.25, 0.3) is 0 Å². The van der Waals surface area contributed by atoms with Crippen LogP contribution in [0.2, 0.25) is 0 Å². The largest absolute Gasteiger partial charge is 0.0697 e. The van der Waals surface area contributed by atoms with Gasteiger partial charge >= 0.3 is 0 Å². The first-order valence-corrected chi connectivity index (χ1v) is 9.39. The SMILES string of the molecule is CC1=CC2C(=C1CC1=Cc3ccccc3C1)C=CC1=C2CCCC1. The first-order chi connectivity index (χ1) is 11.8. The topological polar surface area (TPSA) is 0 Å². The van der Waals surface area contributed by atoms with E-state index in [0.29, 0.717) is 5.92 Å². The molecule has 1 aromatic carbocycles. The Morgan fingerprint density at radius 1 is 1.04 bits per heavy atom. The van der Waals surface area contributed by atoms with Crippen molar-refractivity contribution in [3.63, 3.8) is 0 Å². The van der Waals surface area contributed by atoms with E-state index in [9.17, 15) is 0 Å². The first-order valence-electron chi connectivity index (χ1n) is 9.39. The molecule has 24 heavy (non-hydrogen) atoms. The van der Waals surface area contributed by atoms with Gasteiger partial charge < -0.3 is 0 Å². The summed E-state index contributed by atoms with van der Waals surface area (Å²) in [5, 5.41) is 0.